The fraction of sp³-hybridized carbons (Fsp3) is 0.846. The summed E-state index contributed by atoms with van der Waals surface area (Å²) in [6.07, 6.45) is 4.29. The zero-order chi connectivity index (χ0) is 12.6. The summed E-state index contributed by atoms with van der Waals surface area (Å²) in [6, 6.07) is 0. The fourth-order valence-electron chi connectivity index (χ4n) is 1.33. The van der Waals surface area contributed by atoms with Crippen molar-refractivity contribution < 1.29 is 9.16 Å². The van der Waals surface area contributed by atoms with E-state index in [1.54, 1.807) is 0 Å². The van der Waals surface area contributed by atoms with Gasteiger partial charge in [-0.25, -0.2) is 0 Å². The van der Waals surface area contributed by atoms with Gasteiger partial charge in [0.05, 0.1) is 6.61 Å². The molecule has 0 aliphatic carbocycles. The average Bonchev–Trinajstić information content (AvgIpc) is 2.17. The van der Waals surface area contributed by atoms with Crippen LogP contribution >= 0.6 is 0 Å². The first-order valence-corrected chi connectivity index (χ1v) is 9.89. The normalized spacial score (nSPS) is 11.1. The minimum absolute atomic E-state index is 0.778. The van der Waals surface area contributed by atoms with Crippen LogP contribution in [0.4, 0.5) is 0 Å². The molecular formula is C13H28O2Si. The lowest BCUT2D eigenvalue weighted by molar-refractivity contribution is 0.0948. The van der Waals surface area contributed by atoms with Crippen molar-refractivity contribution in [2.75, 3.05) is 6.61 Å². The minimum Gasteiger partial charge on any atom is -0.520 e. The predicted molar refractivity (Wildman–Crippen MR) is 72.9 cm³/mol. The van der Waals surface area contributed by atoms with Crippen molar-refractivity contribution in [3.05, 3.63) is 11.5 Å². The molecule has 16 heavy (non-hydrogen) atoms. The standard InChI is InChI=1S/C13H28O2Si/c1-7-10-11-14-13(12(8-2)9-3)15-16(4,5)6/h7-11H2,1-6H3. The summed E-state index contributed by atoms with van der Waals surface area (Å²) in [5, 5.41) is 0. The summed E-state index contributed by atoms with van der Waals surface area (Å²) in [6.45, 7) is 13.9. The molecule has 3 heteroatoms. The molecule has 0 atom stereocenters. The highest BCUT2D eigenvalue weighted by molar-refractivity contribution is 6.70. The van der Waals surface area contributed by atoms with E-state index < -0.39 is 8.32 Å². The van der Waals surface area contributed by atoms with Gasteiger partial charge in [-0.3, -0.25) is 0 Å². The summed E-state index contributed by atoms with van der Waals surface area (Å²) in [4.78, 5) is 0. The Morgan fingerprint density at radius 2 is 1.56 bits per heavy atom. The Bertz CT molecular complexity index is 210. The molecule has 2 nitrogen and oxygen atoms in total. The van der Waals surface area contributed by atoms with Crippen molar-refractivity contribution in [1.29, 1.82) is 0 Å². The van der Waals surface area contributed by atoms with Gasteiger partial charge in [0.25, 0.3) is 5.95 Å². The summed E-state index contributed by atoms with van der Waals surface area (Å²) >= 11 is 0. The number of rotatable bonds is 8. The van der Waals surface area contributed by atoms with Gasteiger partial charge in [0.15, 0.2) is 0 Å². The average molecular weight is 244 g/mol. The van der Waals surface area contributed by atoms with E-state index in [-0.39, 0.29) is 0 Å². The number of ether oxygens (including phenoxy) is 1. The van der Waals surface area contributed by atoms with Crippen molar-refractivity contribution in [3.8, 4) is 0 Å². The van der Waals surface area contributed by atoms with E-state index in [0.29, 0.717) is 0 Å². The van der Waals surface area contributed by atoms with Gasteiger partial charge in [-0.2, -0.15) is 0 Å². The first kappa shape index (κ1) is 15.6. The SMILES string of the molecule is CCCCOC(O[Si](C)(C)C)=C(CC)CC. The Hall–Kier alpha value is -0.443. The van der Waals surface area contributed by atoms with Crippen LogP contribution in [0.1, 0.15) is 46.5 Å². The van der Waals surface area contributed by atoms with Gasteiger partial charge in [-0.1, -0.05) is 27.2 Å². The lowest BCUT2D eigenvalue weighted by Crippen LogP contribution is -2.26. The molecule has 0 N–H and O–H groups in total. The van der Waals surface area contributed by atoms with Crippen molar-refractivity contribution in [2.24, 2.45) is 0 Å². The first-order chi connectivity index (χ1) is 7.44. The maximum Gasteiger partial charge on any atom is 0.264 e. The Morgan fingerprint density at radius 3 is 1.94 bits per heavy atom. The lowest BCUT2D eigenvalue weighted by atomic mass is 10.2. The molecule has 96 valence electrons. The summed E-state index contributed by atoms with van der Waals surface area (Å²) in [5.74, 6) is 0.817. The molecule has 0 spiro atoms. The molecule has 0 unspecified atom stereocenters. The van der Waals surface area contributed by atoms with Crippen LogP contribution in [0.2, 0.25) is 19.6 Å². The van der Waals surface area contributed by atoms with Crippen molar-refractivity contribution >= 4 is 8.32 Å². The first-order valence-electron chi connectivity index (χ1n) is 6.48. The Labute approximate surface area is 102 Å². The molecule has 0 heterocycles. The molecule has 0 aliphatic heterocycles. The van der Waals surface area contributed by atoms with Gasteiger partial charge in [0.1, 0.15) is 0 Å². The third-order valence-corrected chi connectivity index (χ3v) is 3.07. The van der Waals surface area contributed by atoms with Crippen molar-refractivity contribution in [1.82, 2.24) is 0 Å². The molecule has 0 aliphatic rings. The van der Waals surface area contributed by atoms with E-state index in [1.807, 2.05) is 0 Å². The molecule has 0 rings (SSSR count). The van der Waals surface area contributed by atoms with Gasteiger partial charge in [0.2, 0.25) is 8.32 Å². The number of allylic oxidation sites excluding steroid dienone is 1. The second-order valence-electron chi connectivity index (χ2n) is 5.01. The van der Waals surface area contributed by atoms with E-state index >= 15 is 0 Å². The molecular weight excluding hydrogens is 216 g/mol. The third-order valence-electron chi connectivity index (χ3n) is 2.27. The van der Waals surface area contributed by atoms with Crippen molar-refractivity contribution in [2.45, 2.75) is 66.1 Å². The molecule has 0 aromatic rings. The van der Waals surface area contributed by atoms with Crippen LogP contribution in [0, 0.1) is 0 Å². The van der Waals surface area contributed by atoms with E-state index in [2.05, 4.69) is 40.4 Å². The number of hydrogen-bond acceptors (Lipinski definition) is 2. The van der Waals surface area contributed by atoms with Crippen LogP contribution in [0.3, 0.4) is 0 Å². The summed E-state index contributed by atoms with van der Waals surface area (Å²) in [5.41, 5.74) is 1.30. The van der Waals surface area contributed by atoms with E-state index in [9.17, 15) is 0 Å². The Kier molecular flexibility index (Phi) is 7.55. The molecule has 0 saturated heterocycles. The maximum atomic E-state index is 6.02. The van der Waals surface area contributed by atoms with Crippen LogP contribution in [-0.2, 0) is 9.16 Å². The van der Waals surface area contributed by atoms with Gasteiger partial charge in [-0.05, 0) is 38.9 Å². The Morgan fingerprint density at radius 1 is 1.00 bits per heavy atom. The zero-order valence-corrected chi connectivity index (χ0v) is 12.9. The molecule has 0 amide bonds. The van der Waals surface area contributed by atoms with Crippen LogP contribution in [0.25, 0.3) is 0 Å². The van der Waals surface area contributed by atoms with Crippen LogP contribution in [0.5, 0.6) is 0 Å². The molecule has 0 aromatic heterocycles. The van der Waals surface area contributed by atoms with E-state index in [0.717, 1.165) is 38.2 Å². The van der Waals surface area contributed by atoms with Crippen molar-refractivity contribution in [3.63, 3.8) is 0 Å². The quantitative estimate of drug-likeness (QED) is 0.350. The summed E-state index contributed by atoms with van der Waals surface area (Å²) in [7, 11) is -1.56. The Balaban J connectivity index is 4.56. The number of hydrogen-bond donors (Lipinski definition) is 0. The fourth-order valence-corrected chi connectivity index (χ4v) is 2.09. The predicted octanol–water partition coefficient (Wildman–Crippen LogP) is 4.69. The zero-order valence-electron chi connectivity index (χ0n) is 11.9. The van der Waals surface area contributed by atoms with E-state index in [1.165, 1.54) is 5.57 Å². The maximum absolute atomic E-state index is 6.02. The van der Waals surface area contributed by atoms with Crippen LogP contribution in [-0.4, -0.2) is 14.9 Å². The molecule has 0 aromatic carbocycles. The van der Waals surface area contributed by atoms with Crippen LogP contribution in [0.15, 0.2) is 11.5 Å². The molecule has 0 bridgehead atoms. The highest BCUT2D eigenvalue weighted by Gasteiger charge is 2.20. The second-order valence-corrected chi connectivity index (χ2v) is 9.44. The van der Waals surface area contributed by atoms with Gasteiger partial charge in [-0.15, -0.1) is 0 Å². The highest BCUT2D eigenvalue weighted by Crippen LogP contribution is 2.20. The second kappa shape index (κ2) is 7.77. The smallest absolute Gasteiger partial charge is 0.264 e. The topological polar surface area (TPSA) is 18.5 Å². The van der Waals surface area contributed by atoms with E-state index in [4.69, 9.17) is 9.16 Å². The molecule has 0 saturated carbocycles. The number of unbranched alkanes of at least 4 members (excludes halogenated alkanes) is 1. The van der Waals surface area contributed by atoms with Gasteiger partial charge < -0.3 is 9.16 Å². The molecule has 0 fully saturated rings. The van der Waals surface area contributed by atoms with Gasteiger partial charge in [0, 0.05) is 5.57 Å². The highest BCUT2D eigenvalue weighted by atomic mass is 28.4. The van der Waals surface area contributed by atoms with Gasteiger partial charge >= 0.3 is 0 Å². The summed E-state index contributed by atoms with van der Waals surface area (Å²) < 4.78 is 11.8. The minimum atomic E-state index is -1.56. The molecule has 0 radical (unpaired) electrons. The monoisotopic (exact) mass is 244 g/mol. The lowest BCUT2D eigenvalue weighted by Gasteiger charge is -2.24. The largest absolute Gasteiger partial charge is 0.520 e. The van der Waals surface area contributed by atoms with Crippen LogP contribution < -0.4 is 0 Å². The third kappa shape index (κ3) is 6.93.